The van der Waals surface area contributed by atoms with Gasteiger partial charge in [0.15, 0.2) is 0 Å². The molecule has 0 bridgehead atoms. The smallest absolute Gasteiger partial charge is 0.254 e. The predicted octanol–water partition coefficient (Wildman–Crippen LogP) is 4.96. The summed E-state index contributed by atoms with van der Waals surface area (Å²) in [5.41, 5.74) is 6.06. The minimum absolute atomic E-state index is 0.0766. The molecule has 1 unspecified atom stereocenters. The fourth-order valence-electron chi connectivity index (χ4n) is 3.80. The van der Waals surface area contributed by atoms with Gasteiger partial charge in [-0.15, -0.1) is 0 Å². The van der Waals surface area contributed by atoms with Gasteiger partial charge in [0.1, 0.15) is 5.75 Å². The number of aryl methyl sites for hydroxylation is 2. The summed E-state index contributed by atoms with van der Waals surface area (Å²) in [6.07, 6.45) is 0.979. The van der Waals surface area contributed by atoms with Gasteiger partial charge in [-0.05, 0) is 73.4 Å². The Labute approximate surface area is 165 Å². The lowest BCUT2D eigenvalue weighted by Crippen LogP contribution is -2.45. The molecule has 0 aliphatic carbocycles. The maximum Gasteiger partial charge on any atom is 0.254 e. The second kappa shape index (κ2) is 7.47. The number of likely N-dealkylation sites (tertiary alicyclic amines) is 1. The summed E-state index contributed by atoms with van der Waals surface area (Å²) in [5.74, 6) is 0.900. The summed E-state index contributed by atoms with van der Waals surface area (Å²) in [6.45, 7) is 4.78. The molecule has 1 amide bonds. The van der Waals surface area contributed by atoms with Gasteiger partial charge in [0.25, 0.3) is 5.91 Å². The fraction of sp³-hybridized carbons (Fsp3) is 0.250. The number of carbonyl (C=O) groups is 1. The van der Waals surface area contributed by atoms with E-state index in [1.54, 1.807) is 7.11 Å². The van der Waals surface area contributed by atoms with Crippen LogP contribution in [0.15, 0.2) is 60.7 Å². The molecule has 28 heavy (non-hydrogen) atoms. The van der Waals surface area contributed by atoms with Gasteiger partial charge in [-0.1, -0.05) is 24.3 Å². The number of hydrogen-bond acceptors (Lipinski definition) is 3. The van der Waals surface area contributed by atoms with Crippen molar-refractivity contribution in [3.05, 3.63) is 83.2 Å². The molecule has 2 heterocycles. The van der Waals surface area contributed by atoms with Crippen molar-refractivity contribution < 1.29 is 9.53 Å². The van der Waals surface area contributed by atoms with Crippen molar-refractivity contribution in [3.8, 4) is 16.9 Å². The first-order valence-electron chi connectivity index (χ1n) is 9.56. The molecule has 1 saturated heterocycles. The summed E-state index contributed by atoms with van der Waals surface area (Å²) in [5, 5.41) is 0. The van der Waals surface area contributed by atoms with Crippen LogP contribution < -0.4 is 4.74 Å². The van der Waals surface area contributed by atoms with Gasteiger partial charge in [0.05, 0.1) is 13.2 Å². The number of rotatable bonds is 4. The summed E-state index contributed by atoms with van der Waals surface area (Å²) in [7, 11) is 1.66. The van der Waals surface area contributed by atoms with Gasteiger partial charge in [0, 0.05) is 23.5 Å². The van der Waals surface area contributed by atoms with Gasteiger partial charge in [-0.3, -0.25) is 9.78 Å². The number of pyridine rings is 1. The molecular formula is C24H24N2O2. The van der Waals surface area contributed by atoms with Gasteiger partial charge in [0.2, 0.25) is 0 Å². The number of amides is 1. The van der Waals surface area contributed by atoms with E-state index < -0.39 is 0 Å². The molecule has 1 aromatic heterocycles. The van der Waals surface area contributed by atoms with Crippen molar-refractivity contribution in [2.75, 3.05) is 13.7 Å². The number of ether oxygens (including phenoxy) is 1. The van der Waals surface area contributed by atoms with Crippen LogP contribution in [0.5, 0.6) is 5.75 Å². The summed E-state index contributed by atoms with van der Waals surface area (Å²) in [4.78, 5) is 19.4. The minimum atomic E-state index is 0.0766. The Morgan fingerprint density at radius 2 is 1.71 bits per heavy atom. The monoisotopic (exact) mass is 372 g/mol. The SMILES string of the molecule is COc1cccc(C2CCN2C(=O)c2ccc(-c3cc(C)nc(C)c3)cc2)c1. The van der Waals surface area contributed by atoms with Gasteiger partial charge in [-0.25, -0.2) is 0 Å². The van der Waals surface area contributed by atoms with E-state index in [0.29, 0.717) is 0 Å². The maximum atomic E-state index is 13.0. The molecule has 0 radical (unpaired) electrons. The minimum Gasteiger partial charge on any atom is -0.497 e. The molecule has 4 nitrogen and oxygen atoms in total. The van der Waals surface area contributed by atoms with Crippen LogP contribution in [-0.4, -0.2) is 29.4 Å². The molecule has 0 spiro atoms. The highest BCUT2D eigenvalue weighted by molar-refractivity contribution is 5.95. The molecule has 0 N–H and O–H groups in total. The van der Waals surface area contributed by atoms with Crippen molar-refractivity contribution in [2.24, 2.45) is 0 Å². The Kier molecular flexibility index (Phi) is 4.86. The highest BCUT2D eigenvalue weighted by Crippen LogP contribution is 2.36. The first-order valence-corrected chi connectivity index (χ1v) is 9.56. The normalized spacial score (nSPS) is 15.8. The average molecular weight is 372 g/mol. The Bertz CT molecular complexity index is 991. The number of methoxy groups -OCH3 is 1. The van der Waals surface area contributed by atoms with E-state index in [2.05, 4.69) is 23.2 Å². The van der Waals surface area contributed by atoms with Crippen molar-refractivity contribution in [1.82, 2.24) is 9.88 Å². The summed E-state index contributed by atoms with van der Waals surface area (Å²) in [6, 6.07) is 20.1. The fourth-order valence-corrected chi connectivity index (χ4v) is 3.80. The van der Waals surface area contributed by atoms with E-state index in [9.17, 15) is 4.79 Å². The Hall–Kier alpha value is -3.14. The molecule has 1 aliphatic heterocycles. The molecule has 1 atom stereocenters. The third-order valence-corrected chi connectivity index (χ3v) is 5.31. The van der Waals surface area contributed by atoms with Crippen molar-refractivity contribution >= 4 is 5.91 Å². The van der Waals surface area contributed by atoms with Crippen LogP contribution in [0.4, 0.5) is 0 Å². The second-order valence-corrected chi connectivity index (χ2v) is 7.30. The average Bonchev–Trinajstić information content (AvgIpc) is 2.66. The van der Waals surface area contributed by atoms with Crippen LogP contribution in [0.3, 0.4) is 0 Å². The zero-order chi connectivity index (χ0) is 19.7. The Balaban J connectivity index is 1.53. The van der Waals surface area contributed by atoms with Crippen molar-refractivity contribution in [1.29, 1.82) is 0 Å². The largest absolute Gasteiger partial charge is 0.497 e. The van der Waals surface area contributed by atoms with Crippen LogP contribution >= 0.6 is 0 Å². The summed E-state index contributed by atoms with van der Waals surface area (Å²) < 4.78 is 5.32. The molecule has 0 saturated carbocycles. The van der Waals surface area contributed by atoms with E-state index in [4.69, 9.17) is 4.74 Å². The number of nitrogens with zero attached hydrogens (tertiary/aromatic N) is 2. The van der Waals surface area contributed by atoms with Crippen molar-refractivity contribution in [3.63, 3.8) is 0 Å². The van der Waals surface area contributed by atoms with E-state index in [0.717, 1.165) is 52.4 Å². The summed E-state index contributed by atoms with van der Waals surface area (Å²) >= 11 is 0. The van der Waals surface area contributed by atoms with Crippen molar-refractivity contribution in [2.45, 2.75) is 26.3 Å². The van der Waals surface area contributed by atoms with E-state index >= 15 is 0 Å². The van der Waals surface area contributed by atoms with Crippen LogP contribution in [0.2, 0.25) is 0 Å². The molecule has 2 aromatic carbocycles. The second-order valence-electron chi connectivity index (χ2n) is 7.30. The van der Waals surface area contributed by atoms with Gasteiger partial charge in [-0.2, -0.15) is 0 Å². The molecule has 4 heteroatoms. The van der Waals surface area contributed by atoms with E-state index in [1.165, 1.54) is 0 Å². The Morgan fingerprint density at radius 3 is 2.32 bits per heavy atom. The standard InChI is InChI=1S/C24H24N2O2/c1-16-13-21(14-17(2)25-16)18-7-9-19(10-8-18)24(27)26-12-11-23(26)20-5-4-6-22(15-20)28-3/h4-10,13-15,23H,11-12H2,1-3H3. The maximum absolute atomic E-state index is 13.0. The number of hydrogen-bond donors (Lipinski definition) is 0. The lowest BCUT2D eigenvalue weighted by molar-refractivity contribution is 0.0460. The van der Waals surface area contributed by atoms with Gasteiger partial charge >= 0.3 is 0 Å². The molecule has 1 fully saturated rings. The third kappa shape index (κ3) is 3.50. The molecular weight excluding hydrogens is 348 g/mol. The first-order chi connectivity index (χ1) is 13.5. The predicted molar refractivity (Wildman–Crippen MR) is 111 cm³/mol. The number of aromatic nitrogens is 1. The van der Waals surface area contributed by atoms with E-state index in [-0.39, 0.29) is 11.9 Å². The van der Waals surface area contributed by atoms with Crippen LogP contribution in [-0.2, 0) is 0 Å². The zero-order valence-electron chi connectivity index (χ0n) is 16.5. The highest BCUT2D eigenvalue weighted by atomic mass is 16.5. The van der Waals surface area contributed by atoms with E-state index in [1.807, 2.05) is 61.2 Å². The molecule has 142 valence electrons. The van der Waals surface area contributed by atoms with Crippen LogP contribution in [0.25, 0.3) is 11.1 Å². The molecule has 1 aliphatic rings. The number of carbonyl (C=O) groups excluding carboxylic acids is 1. The third-order valence-electron chi connectivity index (χ3n) is 5.31. The van der Waals surface area contributed by atoms with Crippen LogP contribution in [0, 0.1) is 13.8 Å². The lowest BCUT2D eigenvalue weighted by Gasteiger charge is -2.41. The lowest BCUT2D eigenvalue weighted by atomic mass is 9.93. The van der Waals surface area contributed by atoms with Gasteiger partial charge < -0.3 is 9.64 Å². The molecule has 3 aromatic rings. The first kappa shape index (κ1) is 18.2. The van der Waals surface area contributed by atoms with Crippen LogP contribution in [0.1, 0.15) is 39.8 Å². The zero-order valence-corrected chi connectivity index (χ0v) is 16.5. The Morgan fingerprint density at radius 1 is 1.00 bits per heavy atom. The highest BCUT2D eigenvalue weighted by Gasteiger charge is 2.34. The quantitative estimate of drug-likeness (QED) is 0.650. The number of benzene rings is 2. The topological polar surface area (TPSA) is 42.4 Å². The molecule has 4 rings (SSSR count).